The lowest BCUT2D eigenvalue weighted by Gasteiger charge is -2.07. The molecule has 1 rings (SSSR count). The summed E-state index contributed by atoms with van der Waals surface area (Å²) in [5, 5.41) is 48.3. The summed E-state index contributed by atoms with van der Waals surface area (Å²) in [6.07, 6.45) is 0.712. The number of carboxylic acid groups (broad SMARTS) is 6. The highest BCUT2D eigenvalue weighted by Gasteiger charge is 2.13. The molecule has 17 nitrogen and oxygen atoms in total. The Morgan fingerprint density at radius 3 is 1.24 bits per heavy atom. The van der Waals surface area contributed by atoms with E-state index in [9.17, 15) is 28.8 Å². The molecule has 0 bridgehead atoms. The molecule has 0 aliphatic carbocycles. The van der Waals surface area contributed by atoms with Gasteiger partial charge in [0.15, 0.2) is 0 Å². The van der Waals surface area contributed by atoms with Crippen LogP contribution in [0.4, 0.5) is 0 Å². The van der Waals surface area contributed by atoms with Crippen molar-refractivity contribution in [3.05, 3.63) is 35.9 Å². The first kappa shape index (κ1) is 43.9. The SMILES string of the molecule is CC(C)C[C@H](N)C(=O)O.NCC(=O)O.NCC(=O)O.N[C@@H](CCC(=O)O)C(=O)O.N[C@@H](Cc1ccccc1)C(=O)O. The highest BCUT2D eigenvalue weighted by atomic mass is 16.4. The van der Waals surface area contributed by atoms with Gasteiger partial charge in [-0.3, -0.25) is 28.8 Å². The Labute approximate surface area is 236 Å². The van der Waals surface area contributed by atoms with E-state index in [-0.39, 0.29) is 25.9 Å². The van der Waals surface area contributed by atoms with Gasteiger partial charge < -0.3 is 59.3 Å². The summed E-state index contributed by atoms with van der Waals surface area (Å²) in [6.45, 7) is 3.34. The molecule has 1 aromatic carbocycles. The van der Waals surface area contributed by atoms with Crippen LogP contribution >= 0.6 is 0 Å². The van der Waals surface area contributed by atoms with Crippen molar-refractivity contribution < 1.29 is 59.4 Å². The van der Waals surface area contributed by atoms with Crippen LogP contribution in [-0.2, 0) is 35.2 Å². The van der Waals surface area contributed by atoms with Crippen LogP contribution in [0, 0.1) is 5.92 Å². The smallest absolute Gasteiger partial charge is 0.320 e. The van der Waals surface area contributed by atoms with Gasteiger partial charge in [0, 0.05) is 6.42 Å². The van der Waals surface area contributed by atoms with Gasteiger partial charge in [0.2, 0.25) is 0 Å². The van der Waals surface area contributed by atoms with Crippen molar-refractivity contribution in [2.75, 3.05) is 13.1 Å². The third-order valence-electron chi connectivity index (χ3n) is 3.99. The average Bonchev–Trinajstić information content (AvgIpc) is 2.88. The van der Waals surface area contributed by atoms with Crippen molar-refractivity contribution >= 4 is 35.8 Å². The minimum atomic E-state index is -1.17. The molecule has 0 amide bonds. The van der Waals surface area contributed by atoms with Crippen molar-refractivity contribution in [3.63, 3.8) is 0 Å². The Morgan fingerprint density at radius 2 is 1.00 bits per heavy atom. The molecule has 0 heterocycles. The zero-order valence-electron chi connectivity index (χ0n) is 23.0. The van der Waals surface area contributed by atoms with E-state index < -0.39 is 53.9 Å². The molecule has 0 unspecified atom stereocenters. The number of hydrogen-bond acceptors (Lipinski definition) is 11. The number of rotatable bonds is 12. The van der Waals surface area contributed by atoms with Gasteiger partial charge in [-0.1, -0.05) is 44.2 Å². The van der Waals surface area contributed by atoms with E-state index in [4.69, 9.17) is 47.8 Å². The van der Waals surface area contributed by atoms with E-state index in [1.54, 1.807) is 0 Å². The molecule has 41 heavy (non-hydrogen) atoms. The predicted molar refractivity (Wildman–Crippen MR) is 147 cm³/mol. The number of carboxylic acids is 6. The van der Waals surface area contributed by atoms with Crippen LogP contribution in [0.2, 0.25) is 0 Å². The third kappa shape index (κ3) is 38.1. The molecular weight excluding hydrogens is 550 g/mol. The lowest BCUT2D eigenvalue weighted by molar-refractivity contribution is -0.141. The molecule has 0 radical (unpaired) electrons. The molecule has 17 heteroatoms. The van der Waals surface area contributed by atoms with Crippen LogP contribution in [0.5, 0.6) is 0 Å². The minimum Gasteiger partial charge on any atom is -0.481 e. The zero-order valence-corrected chi connectivity index (χ0v) is 23.0. The fourth-order valence-electron chi connectivity index (χ4n) is 1.97. The summed E-state index contributed by atoms with van der Waals surface area (Å²) in [4.78, 5) is 58.8. The molecule has 236 valence electrons. The molecule has 0 aliphatic rings. The number of nitrogens with two attached hydrogens (primary N) is 5. The normalized spacial score (nSPS) is 11.5. The second-order valence-corrected chi connectivity index (χ2v) is 8.28. The largest absolute Gasteiger partial charge is 0.481 e. The van der Waals surface area contributed by atoms with Gasteiger partial charge in [0.25, 0.3) is 0 Å². The quantitative estimate of drug-likeness (QED) is 0.130. The first-order chi connectivity index (χ1) is 18.8. The van der Waals surface area contributed by atoms with Crippen LogP contribution in [0.3, 0.4) is 0 Å². The third-order valence-corrected chi connectivity index (χ3v) is 3.99. The number of carbonyl (C=O) groups is 6. The Morgan fingerprint density at radius 1 is 0.634 bits per heavy atom. The Kier molecular flexibility index (Phi) is 29.3. The molecule has 0 fully saturated rings. The standard InChI is InChI=1S/C9H11NO2.C6H13NO2.C5H9NO4.2C2H5NO2/c10-8(9(11)12)6-7-4-2-1-3-5-7;1-4(2)3-5(7)6(8)9;6-3(5(9)10)1-2-4(7)8;2*3-1-2(4)5/h1-5,8H,6,10H2,(H,11,12);4-5H,3,7H2,1-2H3,(H,8,9);3H,1-2,6H2,(H,7,8)(H,9,10);2*1,3H2,(H,4,5)/t8-;5-;3-;;/m000../s1. The highest BCUT2D eigenvalue weighted by Crippen LogP contribution is 2.02. The summed E-state index contributed by atoms with van der Waals surface area (Å²) in [6, 6.07) is 6.79. The number of aliphatic carboxylic acids is 6. The van der Waals surface area contributed by atoms with Crippen LogP contribution in [0.15, 0.2) is 30.3 Å². The van der Waals surface area contributed by atoms with Gasteiger partial charge in [-0.05, 0) is 30.7 Å². The van der Waals surface area contributed by atoms with Crippen LogP contribution in [0.1, 0.15) is 38.7 Å². The maximum absolute atomic E-state index is 10.4. The monoisotopic (exact) mass is 593 g/mol. The van der Waals surface area contributed by atoms with Crippen molar-refractivity contribution in [3.8, 4) is 0 Å². The second-order valence-electron chi connectivity index (χ2n) is 8.28. The summed E-state index contributed by atoms with van der Waals surface area (Å²) >= 11 is 0. The van der Waals surface area contributed by atoms with Crippen molar-refractivity contribution in [2.45, 2.75) is 57.7 Å². The zero-order chi connectivity index (χ0) is 33.1. The molecule has 0 aliphatic heterocycles. The van der Waals surface area contributed by atoms with Crippen LogP contribution < -0.4 is 28.7 Å². The van der Waals surface area contributed by atoms with Crippen LogP contribution in [0.25, 0.3) is 0 Å². The van der Waals surface area contributed by atoms with E-state index >= 15 is 0 Å². The lowest BCUT2D eigenvalue weighted by Crippen LogP contribution is -2.32. The maximum atomic E-state index is 10.4. The molecule has 0 saturated carbocycles. The van der Waals surface area contributed by atoms with E-state index in [0.717, 1.165) is 5.56 Å². The topological polar surface area (TPSA) is 354 Å². The molecule has 1 aromatic rings. The number of hydrogen-bond donors (Lipinski definition) is 11. The van der Waals surface area contributed by atoms with Crippen molar-refractivity contribution in [1.82, 2.24) is 0 Å². The fraction of sp³-hybridized carbons (Fsp3) is 0.500. The first-order valence-electron chi connectivity index (χ1n) is 11.9. The first-order valence-corrected chi connectivity index (χ1v) is 11.9. The van der Waals surface area contributed by atoms with E-state index in [1.165, 1.54) is 0 Å². The van der Waals surface area contributed by atoms with Gasteiger partial charge in [-0.15, -0.1) is 0 Å². The fourth-order valence-corrected chi connectivity index (χ4v) is 1.97. The van der Waals surface area contributed by atoms with E-state index in [1.807, 2.05) is 44.2 Å². The van der Waals surface area contributed by atoms with Gasteiger partial charge in [-0.25, -0.2) is 0 Å². The number of benzene rings is 1. The minimum absolute atomic E-state index is 0.0231. The molecule has 0 spiro atoms. The summed E-state index contributed by atoms with van der Waals surface area (Å²) < 4.78 is 0. The van der Waals surface area contributed by atoms with Gasteiger partial charge in [0.1, 0.15) is 18.1 Å². The molecule has 0 aromatic heterocycles. The summed E-state index contributed by atoms with van der Waals surface area (Å²) in [5.74, 6) is -5.65. The predicted octanol–water partition coefficient (Wildman–Crippen LogP) is -1.59. The Hall–Kier alpha value is -4.16. The summed E-state index contributed by atoms with van der Waals surface area (Å²) in [5.41, 5.74) is 25.7. The highest BCUT2D eigenvalue weighted by molar-refractivity contribution is 5.75. The van der Waals surface area contributed by atoms with Crippen molar-refractivity contribution in [2.24, 2.45) is 34.6 Å². The Balaban J connectivity index is -0.000000218. The van der Waals surface area contributed by atoms with Crippen LogP contribution in [-0.4, -0.2) is 97.7 Å². The lowest BCUT2D eigenvalue weighted by atomic mass is 10.1. The summed E-state index contributed by atoms with van der Waals surface area (Å²) in [7, 11) is 0. The van der Waals surface area contributed by atoms with Gasteiger partial charge >= 0.3 is 35.8 Å². The molecule has 16 N–H and O–H groups in total. The maximum Gasteiger partial charge on any atom is 0.320 e. The molecular formula is C24H43N5O12. The molecule has 3 atom stereocenters. The Bertz CT molecular complexity index is 886. The molecule has 0 saturated heterocycles. The van der Waals surface area contributed by atoms with E-state index in [2.05, 4.69) is 11.5 Å². The van der Waals surface area contributed by atoms with Crippen molar-refractivity contribution in [1.29, 1.82) is 0 Å². The van der Waals surface area contributed by atoms with Gasteiger partial charge in [0.05, 0.1) is 13.1 Å². The average molecular weight is 594 g/mol. The van der Waals surface area contributed by atoms with E-state index in [0.29, 0.717) is 18.8 Å². The second kappa shape index (κ2) is 27.4. The van der Waals surface area contributed by atoms with Gasteiger partial charge in [-0.2, -0.15) is 0 Å².